The fourth-order valence-corrected chi connectivity index (χ4v) is 6.39. The van der Waals surface area contributed by atoms with Gasteiger partial charge >= 0.3 is 4.87 Å². The summed E-state index contributed by atoms with van der Waals surface area (Å²) in [5.74, 6) is 0.0441. The second kappa shape index (κ2) is 8.97. The van der Waals surface area contributed by atoms with Crippen LogP contribution in [0.25, 0.3) is 10.2 Å². The van der Waals surface area contributed by atoms with E-state index in [2.05, 4.69) is 13.8 Å². The third kappa shape index (κ3) is 4.41. The molecule has 1 aromatic heterocycles. The lowest BCUT2D eigenvalue weighted by atomic mass is 9.96. The van der Waals surface area contributed by atoms with Crippen molar-refractivity contribution in [1.29, 1.82) is 0 Å². The molecule has 1 saturated heterocycles. The Labute approximate surface area is 176 Å². The molecular formula is C20H29N3O4S2. The number of piperidine rings is 1. The van der Waals surface area contributed by atoms with Crippen molar-refractivity contribution in [3.05, 3.63) is 27.9 Å². The minimum atomic E-state index is -3.64. The summed E-state index contributed by atoms with van der Waals surface area (Å²) in [6.45, 7) is 6.31. The largest absolute Gasteiger partial charge is 0.342 e. The maximum atomic E-state index is 13.1. The van der Waals surface area contributed by atoms with Gasteiger partial charge in [0.05, 0.1) is 15.1 Å². The van der Waals surface area contributed by atoms with E-state index in [1.807, 2.05) is 4.90 Å². The molecule has 1 amide bonds. The highest BCUT2D eigenvalue weighted by Gasteiger charge is 2.33. The number of fused-ring (bicyclic) bond motifs is 1. The van der Waals surface area contributed by atoms with Gasteiger partial charge in [-0.15, -0.1) is 0 Å². The van der Waals surface area contributed by atoms with Gasteiger partial charge in [-0.3, -0.25) is 9.59 Å². The Hall–Kier alpha value is -1.71. The Morgan fingerprint density at radius 2 is 1.79 bits per heavy atom. The van der Waals surface area contributed by atoms with Crippen LogP contribution in [-0.2, 0) is 21.9 Å². The predicted octanol–water partition coefficient (Wildman–Crippen LogP) is 2.65. The molecular weight excluding hydrogens is 410 g/mol. The van der Waals surface area contributed by atoms with Crippen molar-refractivity contribution in [2.45, 2.75) is 44.4 Å². The van der Waals surface area contributed by atoms with Crippen LogP contribution in [0.3, 0.4) is 0 Å². The lowest BCUT2D eigenvalue weighted by Crippen LogP contribution is -2.44. The van der Waals surface area contributed by atoms with Gasteiger partial charge in [0.25, 0.3) is 0 Å². The molecule has 0 bridgehead atoms. The van der Waals surface area contributed by atoms with Gasteiger partial charge in [0.2, 0.25) is 15.9 Å². The molecule has 0 radical (unpaired) electrons. The molecule has 0 saturated carbocycles. The first-order valence-electron chi connectivity index (χ1n) is 10.2. The number of hydrogen-bond donors (Lipinski definition) is 0. The van der Waals surface area contributed by atoms with Crippen molar-refractivity contribution >= 4 is 37.5 Å². The molecule has 29 heavy (non-hydrogen) atoms. The smallest absolute Gasteiger partial charge is 0.307 e. The van der Waals surface area contributed by atoms with Crippen LogP contribution in [0.15, 0.2) is 27.9 Å². The van der Waals surface area contributed by atoms with Crippen LogP contribution in [0.5, 0.6) is 0 Å². The van der Waals surface area contributed by atoms with Gasteiger partial charge in [0, 0.05) is 39.1 Å². The lowest BCUT2D eigenvalue weighted by Gasteiger charge is -2.33. The van der Waals surface area contributed by atoms with Gasteiger partial charge in [-0.25, -0.2) is 8.42 Å². The first-order chi connectivity index (χ1) is 13.8. The summed E-state index contributed by atoms with van der Waals surface area (Å²) < 4.78 is 29.8. The average molecular weight is 440 g/mol. The van der Waals surface area contributed by atoms with Crippen molar-refractivity contribution in [3.8, 4) is 0 Å². The molecule has 7 nitrogen and oxygen atoms in total. The molecule has 0 N–H and O–H groups in total. The van der Waals surface area contributed by atoms with Crippen LogP contribution in [0.4, 0.5) is 0 Å². The number of benzene rings is 1. The average Bonchev–Trinajstić information content (AvgIpc) is 3.00. The molecule has 0 spiro atoms. The third-order valence-corrected chi connectivity index (χ3v) is 8.39. The minimum Gasteiger partial charge on any atom is -0.342 e. The third-order valence-electron chi connectivity index (χ3n) is 5.50. The number of nitrogens with zero attached hydrogens (tertiary/aromatic N) is 3. The van der Waals surface area contributed by atoms with Crippen LogP contribution in [-0.4, -0.2) is 54.3 Å². The number of sulfonamides is 1. The van der Waals surface area contributed by atoms with Gasteiger partial charge in [0.1, 0.15) is 0 Å². The SMILES string of the molecule is CCCN(CCC)C(=O)C1CCN(S(=O)(=O)c2ccc3c(c2)sc(=O)n3C)CC1. The number of amides is 1. The van der Waals surface area contributed by atoms with Crippen molar-refractivity contribution in [1.82, 2.24) is 13.8 Å². The quantitative estimate of drug-likeness (QED) is 0.664. The molecule has 9 heteroatoms. The number of carbonyl (C=O) groups excluding carboxylic acids is 1. The van der Waals surface area contributed by atoms with E-state index in [4.69, 9.17) is 0 Å². The van der Waals surface area contributed by atoms with Crippen molar-refractivity contribution < 1.29 is 13.2 Å². The predicted molar refractivity (Wildman–Crippen MR) is 116 cm³/mol. The summed E-state index contributed by atoms with van der Waals surface area (Å²) in [6, 6.07) is 4.83. The number of aromatic nitrogens is 1. The zero-order valence-electron chi connectivity index (χ0n) is 17.3. The molecule has 2 heterocycles. The number of rotatable bonds is 7. The normalized spacial score (nSPS) is 16.4. The van der Waals surface area contributed by atoms with E-state index >= 15 is 0 Å². The van der Waals surface area contributed by atoms with Crippen LogP contribution in [0.2, 0.25) is 0 Å². The number of carbonyl (C=O) groups is 1. The van der Waals surface area contributed by atoms with Crippen LogP contribution >= 0.6 is 11.3 Å². The number of thiazole rings is 1. The number of hydrogen-bond acceptors (Lipinski definition) is 5. The van der Waals surface area contributed by atoms with Gasteiger partial charge in [-0.1, -0.05) is 25.2 Å². The Morgan fingerprint density at radius 1 is 1.17 bits per heavy atom. The van der Waals surface area contributed by atoms with Gasteiger partial charge in [-0.2, -0.15) is 4.31 Å². The minimum absolute atomic E-state index is 0.110. The maximum absolute atomic E-state index is 13.1. The highest BCUT2D eigenvalue weighted by molar-refractivity contribution is 7.89. The molecule has 0 aliphatic carbocycles. The van der Waals surface area contributed by atoms with E-state index in [-0.39, 0.29) is 21.6 Å². The molecule has 2 aromatic rings. The van der Waals surface area contributed by atoms with E-state index < -0.39 is 10.0 Å². The van der Waals surface area contributed by atoms with Crippen molar-refractivity contribution in [3.63, 3.8) is 0 Å². The number of aryl methyl sites for hydroxylation is 1. The zero-order valence-corrected chi connectivity index (χ0v) is 18.9. The van der Waals surface area contributed by atoms with Crippen LogP contribution in [0, 0.1) is 5.92 Å². The second-order valence-corrected chi connectivity index (χ2v) is 10.5. The monoisotopic (exact) mass is 439 g/mol. The fourth-order valence-electron chi connectivity index (χ4n) is 3.90. The van der Waals surface area contributed by atoms with E-state index in [0.717, 1.165) is 42.8 Å². The summed E-state index contributed by atoms with van der Waals surface area (Å²) in [7, 11) is -1.97. The Balaban J connectivity index is 1.72. The molecule has 1 aromatic carbocycles. The first-order valence-corrected chi connectivity index (χ1v) is 12.4. The summed E-state index contributed by atoms with van der Waals surface area (Å²) in [5.41, 5.74) is 0.732. The molecule has 1 fully saturated rings. The van der Waals surface area contributed by atoms with Gasteiger partial charge in [0.15, 0.2) is 0 Å². The van der Waals surface area contributed by atoms with Crippen molar-refractivity contribution in [2.75, 3.05) is 26.2 Å². The standard InChI is InChI=1S/C20H29N3O4S2/c1-4-10-22(11-5-2)19(24)15-8-12-23(13-9-15)29(26,27)16-6-7-17-18(14-16)28-20(25)21(17)3/h6-7,14-15H,4-5,8-13H2,1-3H3. The Kier molecular flexibility index (Phi) is 6.80. The lowest BCUT2D eigenvalue weighted by molar-refractivity contribution is -0.136. The summed E-state index contributed by atoms with van der Waals surface area (Å²) in [4.78, 5) is 26.7. The summed E-state index contributed by atoms with van der Waals surface area (Å²) in [5, 5.41) is 0. The van der Waals surface area contributed by atoms with Crippen LogP contribution in [0.1, 0.15) is 39.5 Å². The zero-order chi connectivity index (χ0) is 21.2. The maximum Gasteiger partial charge on any atom is 0.307 e. The topological polar surface area (TPSA) is 79.7 Å². The van der Waals surface area contributed by atoms with Gasteiger partial charge in [-0.05, 0) is 43.9 Å². The van der Waals surface area contributed by atoms with E-state index in [9.17, 15) is 18.0 Å². The van der Waals surface area contributed by atoms with Crippen molar-refractivity contribution in [2.24, 2.45) is 13.0 Å². The summed E-state index contributed by atoms with van der Waals surface area (Å²) >= 11 is 1.05. The van der Waals surface area contributed by atoms with E-state index in [0.29, 0.717) is 30.6 Å². The van der Waals surface area contributed by atoms with E-state index in [1.54, 1.807) is 25.2 Å². The Bertz CT molecular complexity index is 1030. The molecule has 1 aliphatic heterocycles. The summed E-state index contributed by atoms with van der Waals surface area (Å²) in [6.07, 6.45) is 2.94. The first kappa shape index (κ1) is 22.0. The van der Waals surface area contributed by atoms with Crippen LogP contribution < -0.4 is 4.87 Å². The molecule has 3 rings (SSSR count). The second-order valence-electron chi connectivity index (χ2n) is 7.56. The highest BCUT2D eigenvalue weighted by Crippen LogP contribution is 2.28. The molecule has 1 aliphatic rings. The molecule has 0 atom stereocenters. The highest BCUT2D eigenvalue weighted by atomic mass is 32.2. The molecule has 160 valence electrons. The Morgan fingerprint density at radius 3 is 2.38 bits per heavy atom. The van der Waals surface area contributed by atoms with Gasteiger partial charge < -0.3 is 9.47 Å². The molecule has 0 unspecified atom stereocenters. The van der Waals surface area contributed by atoms with E-state index in [1.165, 1.54) is 8.87 Å². The fraction of sp³-hybridized carbons (Fsp3) is 0.600.